The van der Waals surface area contributed by atoms with Crippen molar-refractivity contribution < 1.29 is 5.11 Å². The predicted octanol–water partition coefficient (Wildman–Crippen LogP) is 4.64. The Labute approximate surface area is 132 Å². The van der Waals surface area contributed by atoms with E-state index in [0.717, 1.165) is 16.8 Å². The number of halogens is 2. The van der Waals surface area contributed by atoms with Crippen LogP contribution in [0.3, 0.4) is 0 Å². The van der Waals surface area contributed by atoms with Crippen LogP contribution in [0.4, 0.5) is 5.69 Å². The molecular weight excluding hydrogens is 307 g/mol. The van der Waals surface area contributed by atoms with Crippen molar-refractivity contribution >= 4 is 34.6 Å². The third-order valence-corrected chi connectivity index (χ3v) is 3.82. The molecule has 2 aromatic rings. The highest BCUT2D eigenvalue weighted by Crippen LogP contribution is 2.31. The van der Waals surface area contributed by atoms with Crippen LogP contribution in [0.2, 0.25) is 10.0 Å². The maximum Gasteiger partial charge on any atom is 0.228 e. The van der Waals surface area contributed by atoms with Crippen LogP contribution in [0.5, 0.6) is 0 Å². The van der Waals surface area contributed by atoms with Gasteiger partial charge in [0.1, 0.15) is 0 Å². The van der Waals surface area contributed by atoms with Crippen molar-refractivity contribution in [1.82, 2.24) is 0 Å². The van der Waals surface area contributed by atoms with Gasteiger partial charge in [-0.2, -0.15) is 0 Å². The molecule has 0 unspecified atom stereocenters. The number of aliphatic hydroxyl groups excluding tert-OH is 1. The highest BCUT2D eigenvalue weighted by atomic mass is 35.5. The number of aliphatic hydroxyl groups is 1. The smallest absolute Gasteiger partial charge is 0.228 e. The van der Waals surface area contributed by atoms with Crippen LogP contribution in [-0.4, -0.2) is 17.9 Å². The second-order valence-electron chi connectivity index (χ2n) is 4.70. The lowest BCUT2D eigenvalue weighted by molar-refractivity contribution is 0.405. The summed E-state index contributed by atoms with van der Waals surface area (Å²) < 4.78 is 0. The molecule has 2 aromatic carbocycles. The van der Waals surface area contributed by atoms with Crippen LogP contribution in [0, 0.1) is 0 Å². The van der Waals surface area contributed by atoms with Crippen molar-refractivity contribution in [2.24, 2.45) is 4.99 Å². The van der Waals surface area contributed by atoms with Gasteiger partial charge < -0.3 is 10.0 Å². The average Bonchev–Trinajstić information content (AvgIpc) is 2.56. The van der Waals surface area contributed by atoms with Gasteiger partial charge in [-0.3, -0.25) is 0 Å². The lowest BCUT2D eigenvalue weighted by Gasteiger charge is -2.17. The van der Waals surface area contributed by atoms with Crippen LogP contribution in [0.1, 0.15) is 11.1 Å². The average molecular weight is 319 g/mol. The molecule has 0 saturated heterocycles. The van der Waals surface area contributed by atoms with E-state index in [2.05, 4.69) is 4.99 Å². The second kappa shape index (κ2) is 5.43. The number of rotatable bonds is 1. The van der Waals surface area contributed by atoms with Gasteiger partial charge in [0.2, 0.25) is 5.88 Å². The van der Waals surface area contributed by atoms with E-state index in [1.165, 1.54) is 0 Å². The summed E-state index contributed by atoms with van der Waals surface area (Å²) >= 11 is 12.4. The molecule has 0 saturated carbocycles. The molecule has 0 spiro atoms. The molecule has 0 aliphatic carbocycles. The van der Waals surface area contributed by atoms with Crippen molar-refractivity contribution in [3.8, 4) is 0 Å². The standard InChI is InChI=1S/C16H12Cl2N2O/c1-20-9-15(21)19-16(11-4-2-3-5-13(11)18)12-8-10(17)6-7-14(12)20/h2-9,21H,1H3. The summed E-state index contributed by atoms with van der Waals surface area (Å²) in [5.41, 5.74) is 3.05. The molecule has 106 valence electrons. The first-order chi connectivity index (χ1) is 10.1. The molecule has 0 radical (unpaired) electrons. The summed E-state index contributed by atoms with van der Waals surface area (Å²) in [7, 11) is 1.84. The minimum Gasteiger partial charge on any atom is -0.492 e. The van der Waals surface area contributed by atoms with E-state index in [0.29, 0.717) is 15.8 Å². The number of hydrogen-bond acceptors (Lipinski definition) is 3. The molecule has 0 atom stereocenters. The first kappa shape index (κ1) is 14.0. The molecule has 0 amide bonds. The highest BCUT2D eigenvalue weighted by Gasteiger charge is 2.20. The molecule has 5 heteroatoms. The summed E-state index contributed by atoms with van der Waals surface area (Å²) in [5, 5.41) is 11.1. The van der Waals surface area contributed by atoms with Crippen molar-refractivity contribution in [2.45, 2.75) is 0 Å². The Bertz CT molecular complexity index is 769. The Morgan fingerprint density at radius 2 is 1.81 bits per heavy atom. The van der Waals surface area contributed by atoms with E-state index < -0.39 is 0 Å². The van der Waals surface area contributed by atoms with E-state index in [1.807, 2.05) is 37.4 Å². The van der Waals surface area contributed by atoms with E-state index in [4.69, 9.17) is 23.2 Å². The molecule has 1 N–H and O–H groups in total. The molecule has 0 aromatic heterocycles. The lowest BCUT2D eigenvalue weighted by atomic mass is 10.00. The number of nitrogens with zero attached hydrogens (tertiary/aromatic N) is 2. The molecule has 0 bridgehead atoms. The fourth-order valence-electron chi connectivity index (χ4n) is 2.31. The SMILES string of the molecule is CN1C=C(O)N=C(c2ccccc2Cl)c2cc(Cl)ccc21. The third kappa shape index (κ3) is 2.62. The van der Waals surface area contributed by atoms with Crippen LogP contribution in [0.15, 0.2) is 59.5 Å². The topological polar surface area (TPSA) is 35.8 Å². The van der Waals surface area contributed by atoms with Crippen LogP contribution in [-0.2, 0) is 0 Å². The van der Waals surface area contributed by atoms with Gasteiger partial charge in [0.25, 0.3) is 0 Å². The Balaban J connectivity index is 2.29. The predicted molar refractivity (Wildman–Crippen MR) is 87.7 cm³/mol. The zero-order valence-electron chi connectivity index (χ0n) is 11.2. The molecule has 1 heterocycles. The normalized spacial score (nSPS) is 14.1. The van der Waals surface area contributed by atoms with Crippen molar-refractivity contribution in [3.63, 3.8) is 0 Å². The van der Waals surface area contributed by atoms with Gasteiger partial charge in [0.05, 0.1) is 17.6 Å². The van der Waals surface area contributed by atoms with Crippen LogP contribution < -0.4 is 4.90 Å². The Hall–Kier alpha value is -1.97. The summed E-state index contributed by atoms with van der Waals surface area (Å²) in [6.45, 7) is 0. The zero-order chi connectivity index (χ0) is 15.0. The molecule has 0 fully saturated rings. The molecule has 1 aliphatic heterocycles. The lowest BCUT2D eigenvalue weighted by Crippen LogP contribution is -2.12. The number of aliphatic imine (C=N–C) groups is 1. The molecule has 21 heavy (non-hydrogen) atoms. The molecular formula is C16H12Cl2N2O. The summed E-state index contributed by atoms with van der Waals surface area (Å²) in [6, 6.07) is 12.9. The number of fused-ring (bicyclic) bond motifs is 1. The zero-order valence-corrected chi connectivity index (χ0v) is 12.7. The quantitative estimate of drug-likeness (QED) is 0.831. The first-order valence-corrected chi connectivity index (χ1v) is 7.09. The highest BCUT2D eigenvalue weighted by molar-refractivity contribution is 6.36. The fourth-order valence-corrected chi connectivity index (χ4v) is 2.71. The van der Waals surface area contributed by atoms with E-state index >= 15 is 0 Å². The summed E-state index contributed by atoms with van der Waals surface area (Å²) in [5.74, 6) is -0.0836. The molecule has 1 aliphatic rings. The molecule has 3 rings (SSSR count). The van der Waals surface area contributed by atoms with Crippen molar-refractivity contribution in [2.75, 3.05) is 11.9 Å². The maximum absolute atomic E-state index is 9.98. The molecule has 3 nitrogen and oxygen atoms in total. The second-order valence-corrected chi connectivity index (χ2v) is 5.54. The first-order valence-electron chi connectivity index (χ1n) is 6.33. The Morgan fingerprint density at radius 3 is 2.57 bits per heavy atom. The maximum atomic E-state index is 9.98. The van der Waals surface area contributed by atoms with Gasteiger partial charge in [0.15, 0.2) is 0 Å². The van der Waals surface area contributed by atoms with Gasteiger partial charge in [-0.1, -0.05) is 41.4 Å². The fraction of sp³-hybridized carbons (Fsp3) is 0.0625. The summed E-state index contributed by atoms with van der Waals surface area (Å²) in [4.78, 5) is 6.09. The van der Waals surface area contributed by atoms with E-state index in [1.54, 1.807) is 23.2 Å². The van der Waals surface area contributed by atoms with Gasteiger partial charge in [0, 0.05) is 28.2 Å². The minimum absolute atomic E-state index is 0.0836. The third-order valence-electron chi connectivity index (χ3n) is 3.26. The van der Waals surface area contributed by atoms with Crippen molar-refractivity contribution in [3.05, 3.63) is 75.7 Å². The van der Waals surface area contributed by atoms with Crippen molar-refractivity contribution in [1.29, 1.82) is 0 Å². The Morgan fingerprint density at radius 1 is 1.05 bits per heavy atom. The van der Waals surface area contributed by atoms with Gasteiger partial charge in [-0.15, -0.1) is 0 Å². The van der Waals surface area contributed by atoms with Gasteiger partial charge in [-0.05, 0) is 24.3 Å². The van der Waals surface area contributed by atoms with Crippen LogP contribution >= 0.6 is 23.2 Å². The Kier molecular flexibility index (Phi) is 3.62. The van der Waals surface area contributed by atoms with Crippen LogP contribution in [0.25, 0.3) is 0 Å². The minimum atomic E-state index is -0.0836. The van der Waals surface area contributed by atoms with Gasteiger partial charge >= 0.3 is 0 Å². The number of anilines is 1. The van der Waals surface area contributed by atoms with E-state index in [9.17, 15) is 5.11 Å². The number of hydrogen-bond donors (Lipinski definition) is 1. The van der Waals surface area contributed by atoms with Gasteiger partial charge in [-0.25, -0.2) is 4.99 Å². The van der Waals surface area contributed by atoms with E-state index in [-0.39, 0.29) is 5.88 Å². The monoisotopic (exact) mass is 318 g/mol. The largest absolute Gasteiger partial charge is 0.492 e. The number of benzene rings is 2. The summed E-state index contributed by atoms with van der Waals surface area (Å²) in [6.07, 6.45) is 1.55.